The first-order valence-corrected chi connectivity index (χ1v) is 12.6. The van der Waals surface area contributed by atoms with Crippen LogP contribution in [0.1, 0.15) is 20.7 Å². The van der Waals surface area contributed by atoms with Gasteiger partial charge >= 0.3 is 0 Å². The molecule has 4 aromatic rings. The van der Waals surface area contributed by atoms with Crippen molar-refractivity contribution >= 4 is 46.4 Å². The van der Waals surface area contributed by atoms with Crippen molar-refractivity contribution in [3.63, 3.8) is 0 Å². The summed E-state index contributed by atoms with van der Waals surface area (Å²) in [6.07, 6.45) is 0. The summed E-state index contributed by atoms with van der Waals surface area (Å²) in [5, 5.41) is 1.09. The van der Waals surface area contributed by atoms with Crippen molar-refractivity contribution in [1.82, 2.24) is 0 Å². The van der Waals surface area contributed by atoms with Gasteiger partial charge in [0.15, 0.2) is 0 Å². The van der Waals surface area contributed by atoms with Crippen LogP contribution in [0.15, 0.2) is 72.8 Å². The lowest BCUT2D eigenvalue weighted by Crippen LogP contribution is -2.14. The Kier molecular flexibility index (Phi) is 7.67. The highest BCUT2D eigenvalue weighted by atomic mass is 35.5. The molecule has 4 N–H and O–H groups in total. The average molecular weight is 547 g/mol. The zero-order valence-electron chi connectivity index (χ0n) is 21.5. The molecule has 0 heterocycles. The van der Waals surface area contributed by atoms with Gasteiger partial charge in [-0.05, 0) is 70.3 Å². The Morgan fingerprint density at radius 2 is 1.08 bits per heavy atom. The summed E-state index contributed by atoms with van der Waals surface area (Å²) >= 11 is 13.4. The number of benzene rings is 4. The lowest BCUT2D eigenvalue weighted by Gasteiger charge is -2.22. The van der Waals surface area contributed by atoms with E-state index in [9.17, 15) is 9.59 Å². The molecule has 0 atom stereocenters. The monoisotopic (exact) mass is 546 g/mol. The van der Waals surface area contributed by atoms with Gasteiger partial charge in [0.2, 0.25) is 11.8 Å². The van der Waals surface area contributed by atoms with Gasteiger partial charge in [-0.2, -0.15) is 0 Å². The molecule has 0 aromatic heterocycles. The molecule has 0 aliphatic rings. The largest absolute Gasteiger partial charge is 0.376 e. The number of carbonyl (C=O) groups is 2. The van der Waals surface area contributed by atoms with E-state index in [1.807, 2.05) is 92.6 Å². The van der Waals surface area contributed by atoms with Crippen molar-refractivity contribution in [1.29, 1.82) is 0 Å². The van der Waals surface area contributed by atoms with Gasteiger partial charge < -0.3 is 21.3 Å². The molecule has 4 rings (SSSR count). The maximum absolute atomic E-state index is 12.7. The second-order valence-electron chi connectivity index (χ2n) is 9.34. The molecular weight excluding hydrogens is 519 g/mol. The van der Waals surface area contributed by atoms with E-state index in [0.717, 1.165) is 39.2 Å². The van der Waals surface area contributed by atoms with Crippen molar-refractivity contribution in [2.45, 2.75) is 0 Å². The lowest BCUT2D eigenvalue weighted by molar-refractivity contribution is 0.0992. The number of hydrogen-bond donors (Lipinski definition) is 2. The molecule has 38 heavy (non-hydrogen) atoms. The zero-order chi connectivity index (χ0) is 27.7. The summed E-state index contributed by atoms with van der Waals surface area (Å²) < 4.78 is 0. The van der Waals surface area contributed by atoms with Crippen LogP contribution in [0.4, 0.5) is 11.4 Å². The Morgan fingerprint density at radius 3 is 1.50 bits per heavy atom. The van der Waals surface area contributed by atoms with Crippen LogP contribution in [0.2, 0.25) is 10.0 Å². The highest BCUT2D eigenvalue weighted by Crippen LogP contribution is 2.45. The van der Waals surface area contributed by atoms with Gasteiger partial charge in [-0.25, -0.2) is 0 Å². The maximum atomic E-state index is 12.7. The lowest BCUT2D eigenvalue weighted by atomic mass is 9.84. The molecule has 0 saturated heterocycles. The van der Waals surface area contributed by atoms with Crippen molar-refractivity contribution < 1.29 is 9.59 Å². The number of rotatable bonds is 7. The van der Waals surface area contributed by atoms with Crippen LogP contribution in [0.5, 0.6) is 0 Å². The van der Waals surface area contributed by atoms with Crippen LogP contribution >= 0.6 is 23.2 Å². The van der Waals surface area contributed by atoms with Crippen LogP contribution in [0.3, 0.4) is 0 Å². The molecule has 6 nitrogen and oxygen atoms in total. The van der Waals surface area contributed by atoms with Gasteiger partial charge in [-0.1, -0.05) is 53.5 Å². The number of carbonyl (C=O) groups excluding carboxylic acids is 2. The summed E-state index contributed by atoms with van der Waals surface area (Å²) in [5.74, 6) is -1.08. The molecule has 0 aliphatic heterocycles. The number of nitrogens with zero attached hydrogens (tertiary/aromatic N) is 2. The number of primary amides is 2. The summed E-state index contributed by atoms with van der Waals surface area (Å²) in [4.78, 5) is 28.2. The maximum Gasteiger partial charge on any atom is 0.249 e. The first-order valence-electron chi connectivity index (χ1n) is 11.8. The minimum atomic E-state index is -0.569. The molecule has 8 heteroatoms. The SMILES string of the molecule is CN(C)c1ccc(-c2c(C(N)=O)ccc(-c3ccc(C(N)=O)cc3)c2-c2ccc(N(C)C)c(Cl)c2)cc1Cl. The molecule has 0 saturated carbocycles. The topological polar surface area (TPSA) is 92.7 Å². The third-order valence-corrected chi connectivity index (χ3v) is 6.99. The fraction of sp³-hybridized carbons (Fsp3) is 0.133. The van der Waals surface area contributed by atoms with E-state index in [2.05, 4.69) is 0 Å². The number of nitrogens with two attached hydrogens (primary N) is 2. The molecule has 194 valence electrons. The smallest absolute Gasteiger partial charge is 0.249 e. The van der Waals surface area contributed by atoms with Crippen molar-refractivity contribution in [3.05, 3.63) is 94.0 Å². The molecule has 0 unspecified atom stereocenters. The van der Waals surface area contributed by atoms with Crippen molar-refractivity contribution in [2.24, 2.45) is 11.5 Å². The van der Waals surface area contributed by atoms with E-state index in [1.54, 1.807) is 18.2 Å². The number of hydrogen-bond acceptors (Lipinski definition) is 4. The van der Waals surface area contributed by atoms with Gasteiger partial charge in [0, 0.05) is 44.9 Å². The van der Waals surface area contributed by atoms with Gasteiger partial charge in [-0.3, -0.25) is 9.59 Å². The summed E-state index contributed by atoms with van der Waals surface area (Å²) in [7, 11) is 7.65. The van der Waals surface area contributed by atoms with E-state index < -0.39 is 11.8 Å². The normalized spacial score (nSPS) is 10.8. The third kappa shape index (κ3) is 5.19. The van der Waals surface area contributed by atoms with Crippen LogP contribution in [-0.2, 0) is 0 Å². The number of anilines is 2. The highest BCUT2D eigenvalue weighted by Gasteiger charge is 2.22. The Labute approximate surface area is 232 Å². The molecule has 0 fully saturated rings. The standard InChI is InChI=1S/C30H28Cl2N4O2/c1-35(2)25-13-9-19(15-23(25)31)27-21(17-5-7-18(8-6-17)29(33)37)11-12-22(30(34)38)28(27)20-10-14-26(36(3)4)24(32)16-20/h5-16H,1-4H3,(H2,33,37)(H2,34,38). The molecule has 0 aliphatic carbocycles. The minimum Gasteiger partial charge on any atom is -0.376 e. The predicted molar refractivity (Wildman–Crippen MR) is 158 cm³/mol. The van der Waals surface area contributed by atoms with Crippen molar-refractivity contribution in [2.75, 3.05) is 38.0 Å². The van der Waals surface area contributed by atoms with Crippen LogP contribution in [0.25, 0.3) is 33.4 Å². The van der Waals surface area contributed by atoms with Crippen molar-refractivity contribution in [3.8, 4) is 33.4 Å². The fourth-order valence-electron chi connectivity index (χ4n) is 4.51. The summed E-state index contributed by atoms with van der Waals surface area (Å²) in [5.41, 5.74) is 18.3. The van der Waals surface area contributed by atoms with Gasteiger partial charge in [0.05, 0.1) is 21.4 Å². The first-order chi connectivity index (χ1) is 18.0. The first kappa shape index (κ1) is 27.0. The average Bonchev–Trinajstić information content (AvgIpc) is 2.87. The van der Waals surface area contributed by atoms with E-state index in [-0.39, 0.29) is 0 Å². The van der Waals surface area contributed by atoms with Crippen LogP contribution < -0.4 is 21.3 Å². The molecule has 2 amide bonds. The molecular formula is C30H28Cl2N4O2. The Bertz CT molecular complexity index is 1550. The summed E-state index contributed by atoms with van der Waals surface area (Å²) in [6, 6.07) is 22.0. The van der Waals surface area contributed by atoms with E-state index in [1.165, 1.54) is 0 Å². The molecule has 0 bridgehead atoms. The van der Waals surface area contributed by atoms with Gasteiger partial charge in [0.25, 0.3) is 0 Å². The fourth-order valence-corrected chi connectivity index (χ4v) is 5.21. The Morgan fingerprint density at radius 1 is 0.605 bits per heavy atom. The second-order valence-corrected chi connectivity index (χ2v) is 10.2. The van der Waals surface area contributed by atoms with Gasteiger partial charge in [-0.15, -0.1) is 0 Å². The summed E-state index contributed by atoms with van der Waals surface area (Å²) in [6.45, 7) is 0. The Hall–Kier alpha value is -4.00. The number of halogens is 2. The minimum absolute atomic E-state index is 0.346. The van der Waals surface area contributed by atoms with Crippen LogP contribution in [-0.4, -0.2) is 40.0 Å². The van der Waals surface area contributed by atoms with E-state index >= 15 is 0 Å². The van der Waals surface area contributed by atoms with Crippen LogP contribution in [0, 0.1) is 0 Å². The quantitative estimate of drug-likeness (QED) is 0.283. The second kappa shape index (κ2) is 10.8. The predicted octanol–water partition coefficient (Wildman–Crippen LogP) is 6.32. The third-order valence-electron chi connectivity index (χ3n) is 6.39. The highest BCUT2D eigenvalue weighted by molar-refractivity contribution is 6.34. The number of amides is 2. The zero-order valence-corrected chi connectivity index (χ0v) is 23.1. The van der Waals surface area contributed by atoms with E-state index in [0.29, 0.717) is 26.7 Å². The van der Waals surface area contributed by atoms with Gasteiger partial charge in [0.1, 0.15) is 0 Å². The molecule has 0 radical (unpaired) electrons. The Balaban J connectivity index is 2.10. The molecule has 4 aromatic carbocycles. The molecule has 0 spiro atoms. The van der Waals surface area contributed by atoms with E-state index in [4.69, 9.17) is 34.7 Å².